The molecule has 92 valence electrons. The number of hydrogen-bond donors (Lipinski definition) is 1. The highest BCUT2D eigenvalue weighted by Crippen LogP contribution is 2.36. The van der Waals surface area contributed by atoms with Gasteiger partial charge in [-0.15, -0.1) is 0 Å². The first kappa shape index (κ1) is 11.5. The van der Waals surface area contributed by atoms with Crippen LogP contribution in [0.3, 0.4) is 0 Å². The quantitative estimate of drug-likeness (QED) is 0.905. The maximum Gasteiger partial charge on any atom is 0.126 e. The summed E-state index contributed by atoms with van der Waals surface area (Å²) >= 11 is 3.61. The van der Waals surface area contributed by atoms with E-state index in [4.69, 9.17) is 4.74 Å². The average Bonchev–Trinajstić information content (AvgIpc) is 2.86. The van der Waals surface area contributed by atoms with Gasteiger partial charge in [0.15, 0.2) is 0 Å². The highest BCUT2D eigenvalue weighted by Gasteiger charge is 2.25. The highest BCUT2D eigenvalue weighted by molar-refractivity contribution is 9.10. The molecule has 1 aromatic rings. The van der Waals surface area contributed by atoms with Crippen molar-refractivity contribution in [1.29, 1.82) is 0 Å². The van der Waals surface area contributed by atoms with Crippen molar-refractivity contribution in [3.63, 3.8) is 0 Å². The molecule has 0 saturated carbocycles. The number of nitrogens with one attached hydrogen (secondary N) is 1. The van der Waals surface area contributed by atoms with Crippen LogP contribution in [0.15, 0.2) is 16.6 Å². The summed E-state index contributed by atoms with van der Waals surface area (Å²) < 4.78 is 7.14. The van der Waals surface area contributed by atoms with Gasteiger partial charge in [0.25, 0.3) is 0 Å². The van der Waals surface area contributed by atoms with E-state index in [-0.39, 0.29) is 0 Å². The zero-order valence-electron chi connectivity index (χ0n) is 10.1. The Bertz CT molecular complexity index is 426. The third-order valence-electron chi connectivity index (χ3n) is 3.66. The lowest BCUT2D eigenvalue weighted by atomic mass is 10.0. The summed E-state index contributed by atoms with van der Waals surface area (Å²) in [4.78, 5) is 0. The Hall–Kier alpha value is -0.540. The fraction of sp³-hybridized carbons (Fsp3) is 0.571. The van der Waals surface area contributed by atoms with Crippen LogP contribution in [0.25, 0.3) is 0 Å². The Balaban J connectivity index is 1.88. The Kier molecular flexibility index (Phi) is 3.14. The molecule has 0 radical (unpaired) electrons. The van der Waals surface area contributed by atoms with Crippen LogP contribution >= 0.6 is 15.9 Å². The van der Waals surface area contributed by atoms with Crippen molar-refractivity contribution in [3.8, 4) is 5.75 Å². The van der Waals surface area contributed by atoms with Gasteiger partial charge in [-0.1, -0.05) is 15.9 Å². The van der Waals surface area contributed by atoms with Crippen LogP contribution in [0.4, 0.5) is 0 Å². The second-order valence-corrected chi connectivity index (χ2v) is 6.10. The molecule has 1 N–H and O–H groups in total. The van der Waals surface area contributed by atoms with E-state index in [0.29, 0.717) is 12.1 Å². The maximum absolute atomic E-state index is 5.95. The monoisotopic (exact) mass is 295 g/mol. The summed E-state index contributed by atoms with van der Waals surface area (Å²) in [5, 5.41) is 3.56. The van der Waals surface area contributed by atoms with E-state index in [2.05, 4.69) is 40.3 Å². The van der Waals surface area contributed by atoms with Crippen LogP contribution in [0, 0.1) is 0 Å². The molecule has 3 heteroatoms. The molecular formula is C14H18BrNO. The Morgan fingerprint density at radius 1 is 1.47 bits per heavy atom. The van der Waals surface area contributed by atoms with Crippen molar-refractivity contribution in [2.75, 3.05) is 6.54 Å². The summed E-state index contributed by atoms with van der Waals surface area (Å²) in [6.07, 6.45) is 5.05. The zero-order chi connectivity index (χ0) is 11.8. The van der Waals surface area contributed by atoms with Gasteiger partial charge in [-0.3, -0.25) is 0 Å². The molecular weight excluding hydrogens is 278 g/mol. The lowest BCUT2D eigenvalue weighted by Crippen LogP contribution is -2.23. The molecule has 2 heterocycles. The molecule has 2 aliphatic heterocycles. The van der Waals surface area contributed by atoms with Crippen molar-refractivity contribution in [1.82, 2.24) is 5.32 Å². The molecule has 0 amide bonds. The van der Waals surface area contributed by atoms with Crippen LogP contribution in [0.5, 0.6) is 5.75 Å². The largest absolute Gasteiger partial charge is 0.490 e. The minimum Gasteiger partial charge on any atom is -0.490 e. The molecule has 1 aromatic carbocycles. The van der Waals surface area contributed by atoms with Crippen LogP contribution < -0.4 is 10.1 Å². The first-order valence-electron chi connectivity index (χ1n) is 6.43. The molecule has 0 spiro atoms. The Morgan fingerprint density at radius 2 is 2.35 bits per heavy atom. The molecule has 2 atom stereocenters. The van der Waals surface area contributed by atoms with Crippen molar-refractivity contribution in [3.05, 3.63) is 27.7 Å². The van der Waals surface area contributed by atoms with E-state index in [1.54, 1.807) is 0 Å². The smallest absolute Gasteiger partial charge is 0.126 e. The molecule has 2 nitrogen and oxygen atoms in total. The second-order valence-electron chi connectivity index (χ2n) is 5.18. The second kappa shape index (κ2) is 4.62. The summed E-state index contributed by atoms with van der Waals surface area (Å²) in [7, 11) is 0. The molecule has 2 aliphatic rings. The molecule has 17 heavy (non-hydrogen) atoms. The predicted octanol–water partition coefficient (Wildman–Crippen LogP) is 3.07. The van der Waals surface area contributed by atoms with Crippen molar-refractivity contribution in [2.45, 2.75) is 44.8 Å². The SMILES string of the molecule is CC1Cc2cc(Br)cc(CC3CCCN3)c2O1. The van der Waals surface area contributed by atoms with Crippen LogP contribution in [0.1, 0.15) is 30.9 Å². The van der Waals surface area contributed by atoms with Crippen LogP contribution in [-0.4, -0.2) is 18.7 Å². The number of ether oxygens (including phenoxy) is 1. The van der Waals surface area contributed by atoms with E-state index < -0.39 is 0 Å². The van der Waals surface area contributed by atoms with Gasteiger partial charge in [0.2, 0.25) is 0 Å². The number of halogens is 1. The van der Waals surface area contributed by atoms with E-state index in [1.807, 2.05) is 0 Å². The van der Waals surface area contributed by atoms with Gasteiger partial charge >= 0.3 is 0 Å². The van der Waals surface area contributed by atoms with E-state index in [0.717, 1.165) is 25.1 Å². The highest BCUT2D eigenvalue weighted by atomic mass is 79.9. The number of rotatable bonds is 2. The van der Waals surface area contributed by atoms with Crippen LogP contribution in [-0.2, 0) is 12.8 Å². The summed E-state index contributed by atoms with van der Waals surface area (Å²) in [5.41, 5.74) is 2.72. The molecule has 0 aliphatic carbocycles. The van der Waals surface area contributed by atoms with Gasteiger partial charge in [0.05, 0.1) is 0 Å². The minimum absolute atomic E-state index is 0.328. The summed E-state index contributed by atoms with van der Waals surface area (Å²) in [6.45, 7) is 3.31. The minimum atomic E-state index is 0.328. The van der Waals surface area contributed by atoms with Crippen LogP contribution in [0.2, 0.25) is 0 Å². The fourth-order valence-corrected chi connectivity index (χ4v) is 3.47. The van der Waals surface area contributed by atoms with E-state index in [9.17, 15) is 0 Å². The number of benzene rings is 1. The standard InChI is InChI=1S/C14H18BrNO/c1-9-5-10-6-12(15)7-11(14(10)17-9)8-13-3-2-4-16-13/h6-7,9,13,16H,2-5,8H2,1H3. The zero-order valence-corrected chi connectivity index (χ0v) is 11.7. The normalized spacial score (nSPS) is 26.9. The molecule has 3 rings (SSSR count). The lowest BCUT2D eigenvalue weighted by Gasteiger charge is -2.14. The summed E-state index contributed by atoms with van der Waals surface area (Å²) in [5.74, 6) is 1.15. The van der Waals surface area contributed by atoms with E-state index >= 15 is 0 Å². The number of fused-ring (bicyclic) bond motifs is 1. The third-order valence-corrected chi connectivity index (χ3v) is 4.12. The van der Waals surface area contributed by atoms with Gasteiger partial charge in [0.1, 0.15) is 11.9 Å². The maximum atomic E-state index is 5.95. The van der Waals surface area contributed by atoms with Gasteiger partial charge in [-0.25, -0.2) is 0 Å². The first-order valence-corrected chi connectivity index (χ1v) is 7.23. The first-order chi connectivity index (χ1) is 8.22. The Labute approximate surface area is 111 Å². The van der Waals surface area contributed by atoms with Gasteiger partial charge < -0.3 is 10.1 Å². The average molecular weight is 296 g/mol. The predicted molar refractivity (Wildman–Crippen MR) is 72.7 cm³/mol. The number of hydrogen-bond acceptors (Lipinski definition) is 2. The molecule has 1 saturated heterocycles. The molecule has 0 bridgehead atoms. The summed E-state index contributed by atoms with van der Waals surface area (Å²) in [6, 6.07) is 5.05. The van der Waals surface area contributed by atoms with Gasteiger partial charge in [-0.05, 0) is 56.0 Å². The van der Waals surface area contributed by atoms with Gasteiger partial charge in [-0.2, -0.15) is 0 Å². The van der Waals surface area contributed by atoms with Crippen molar-refractivity contribution < 1.29 is 4.74 Å². The molecule has 0 aromatic heterocycles. The Morgan fingerprint density at radius 3 is 3.12 bits per heavy atom. The fourth-order valence-electron chi connectivity index (χ4n) is 2.92. The topological polar surface area (TPSA) is 21.3 Å². The van der Waals surface area contributed by atoms with Crippen molar-refractivity contribution in [2.24, 2.45) is 0 Å². The molecule has 1 fully saturated rings. The van der Waals surface area contributed by atoms with Crippen molar-refractivity contribution >= 4 is 15.9 Å². The third kappa shape index (κ3) is 2.36. The van der Waals surface area contributed by atoms with E-state index in [1.165, 1.54) is 28.4 Å². The van der Waals surface area contributed by atoms with Gasteiger partial charge in [0, 0.05) is 16.9 Å². The molecule has 2 unspecified atom stereocenters. The lowest BCUT2D eigenvalue weighted by molar-refractivity contribution is 0.252.